The molecule has 18 heavy (non-hydrogen) atoms. The highest BCUT2D eigenvalue weighted by Crippen LogP contribution is 2.49. The van der Waals surface area contributed by atoms with Gasteiger partial charge in [0, 0.05) is 6.04 Å². The molecule has 3 nitrogen and oxygen atoms in total. The van der Waals surface area contributed by atoms with Crippen LogP contribution >= 0.6 is 0 Å². The zero-order valence-corrected chi connectivity index (χ0v) is 10.8. The fourth-order valence-electron chi connectivity index (χ4n) is 3.68. The molecular weight excluding hydrogens is 222 g/mol. The monoisotopic (exact) mass is 241 g/mol. The van der Waals surface area contributed by atoms with Crippen molar-refractivity contribution in [1.82, 2.24) is 4.90 Å². The Morgan fingerprint density at radius 3 is 3.00 bits per heavy atom. The Balaban J connectivity index is 1.85. The second-order valence-electron chi connectivity index (χ2n) is 5.97. The molecule has 1 unspecified atom stereocenters. The molecule has 1 aromatic rings. The molecule has 3 aliphatic rings. The van der Waals surface area contributed by atoms with E-state index in [1.54, 1.807) is 0 Å². The van der Waals surface area contributed by atoms with Crippen molar-refractivity contribution >= 4 is 5.96 Å². The van der Waals surface area contributed by atoms with Gasteiger partial charge >= 0.3 is 0 Å². The van der Waals surface area contributed by atoms with E-state index in [0.717, 1.165) is 12.5 Å². The van der Waals surface area contributed by atoms with Crippen LogP contribution in [-0.2, 0) is 12.0 Å². The molecule has 1 spiro atoms. The molecule has 1 aliphatic heterocycles. The van der Waals surface area contributed by atoms with Crippen molar-refractivity contribution < 1.29 is 0 Å². The second kappa shape index (κ2) is 3.28. The standard InChI is InChI=1S/C15H19N3/c1-10-2-3-11-6-7-15(13(11)8-10)9-17-14(16)18(15)12-4-5-12/h2-3,8,12H,4-7,9H2,1H3,(H2,16,17). The van der Waals surface area contributed by atoms with Gasteiger partial charge in [0.15, 0.2) is 5.96 Å². The minimum atomic E-state index is 0.0899. The van der Waals surface area contributed by atoms with Crippen molar-refractivity contribution in [3.63, 3.8) is 0 Å². The lowest BCUT2D eigenvalue weighted by Crippen LogP contribution is -2.49. The van der Waals surface area contributed by atoms with Gasteiger partial charge in [0.05, 0.1) is 12.1 Å². The van der Waals surface area contributed by atoms with Gasteiger partial charge in [0.25, 0.3) is 0 Å². The topological polar surface area (TPSA) is 41.6 Å². The average molecular weight is 241 g/mol. The third kappa shape index (κ3) is 1.22. The highest BCUT2D eigenvalue weighted by Gasteiger charge is 2.52. The average Bonchev–Trinajstić information content (AvgIpc) is 3.05. The van der Waals surface area contributed by atoms with Gasteiger partial charge in [-0.3, -0.25) is 4.99 Å². The summed E-state index contributed by atoms with van der Waals surface area (Å²) in [5, 5.41) is 0. The molecule has 2 aliphatic carbocycles. The first kappa shape index (κ1) is 10.4. The number of aliphatic imine (C=N–C) groups is 1. The maximum Gasteiger partial charge on any atom is 0.192 e. The zero-order valence-electron chi connectivity index (χ0n) is 10.8. The van der Waals surface area contributed by atoms with Crippen molar-refractivity contribution in [1.29, 1.82) is 0 Å². The Hall–Kier alpha value is -1.51. The molecule has 1 atom stereocenters. The molecule has 4 rings (SSSR count). The number of aryl methyl sites for hydroxylation is 2. The van der Waals surface area contributed by atoms with Crippen molar-refractivity contribution in [2.45, 2.75) is 44.2 Å². The van der Waals surface area contributed by atoms with E-state index in [-0.39, 0.29) is 5.54 Å². The molecule has 0 aromatic heterocycles. The first-order valence-corrected chi connectivity index (χ1v) is 6.90. The molecule has 1 fully saturated rings. The predicted molar refractivity (Wildman–Crippen MR) is 72.5 cm³/mol. The number of guanidine groups is 1. The van der Waals surface area contributed by atoms with Gasteiger partial charge in [-0.2, -0.15) is 0 Å². The van der Waals surface area contributed by atoms with Crippen LogP contribution in [0.2, 0.25) is 0 Å². The van der Waals surface area contributed by atoms with E-state index in [9.17, 15) is 0 Å². The number of benzene rings is 1. The molecule has 94 valence electrons. The highest BCUT2D eigenvalue weighted by atomic mass is 15.4. The SMILES string of the molecule is Cc1ccc2c(c1)C1(CC2)CN=C(N)N1C1CC1. The van der Waals surface area contributed by atoms with Crippen molar-refractivity contribution in [2.75, 3.05) is 6.54 Å². The third-order valence-corrected chi connectivity index (χ3v) is 4.70. The smallest absolute Gasteiger partial charge is 0.192 e. The molecule has 2 N–H and O–H groups in total. The summed E-state index contributed by atoms with van der Waals surface area (Å²) in [6, 6.07) is 7.51. The lowest BCUT2D eigenvalue weighted by atomic mass is 9.89. The summed E-state index contributed by atoms with van der Waals surface area (Å²) in [7, 11) is 0. The number of hydrogen-bond donors (Lipinski definition) is 1. The zero-order chi connectivity index (χ0) is 12.3. The van der Waals surface area contributed by atoms with Crippen LogP contribution in [-0.4, -0.2) is 23.4 Å². The van der Waals surface area contributed by atoms with Crippen LogP contribution in [0.3, 0.4) is 0 Å². The van der Waals surface area contributed by atoms with Gasteiger partial charge in [-0.15, -0.1) is 0 Å². The summed E-state index contributed by atoms with van der Waals surface area (Å²) in [4.78, 5) is 6.99. The van der Waals surface area contributed by atoms with Gasteiger partial charge in [-0.1, -0.05) is 23.8 Å². The number of nitrogens with zero attached hydrogens (tertiary/aromatic N) is 2. The lowest BCUT2D eigenvalue weighted by Gasteiger charge is -2.37. The lowest BCUT2D eigenvalue weighted by molar-refractivity contribution is 0.193. The summed E-state index contributed by atoms with van der Waals surface area (Å²) in [5.74, 6) is 0.770. The van der Waals surface area contributed by atoms with Crippen molar-refractivity contribution in [3.05, 3.63) is 34.9 Å². The van der Waals surface area contributed by atoms with E-state index in [0.29, 0.717) is 6.04 Å². The number of fused-ring (bicyclic) bond motifs is 2. The molecular formula is C15H19N3. The summed E-state index contributed by atoms with van der Waals surface area (Å²) >= 11 is 0. The number of nitrogens with two attached hydrogens (primary N) is 1. The number of hydrogen-bond acceptors (Lipinski definition) is 3. The fraction of sp³-hybridized carbons (Fsp3) is 0.533. The molecule has 0 saturated heterocycles. The molecule has 1 saturated carbocycles. The molecule has 0 bridgehead atoms. The Bertz CT molecular complexity index is 545. The van der Waals surface area contributed by atoms with E-state index in [2.05, 4.69) is 35.0 Å². The second-order valence-corrected chi connectivity index (χ2v) is 5.97. The maximum atomic E-state index is 6.15. The Morgan fingerprint density at radius 2 is 2.22 bits per heavy atom. The summed E-state index contributed by atoms with van der Waals surface area (Å²) in [6.07, 6.45) is 4.90. The van der Waals surface area contributed by atoms with Crippen molar-refractivity contribution in [2.24, 2.45) is 10.7 Å². The van der Waals surface area contributed by atoms with Gasteiger partial charge < -0.3 is 10.6 Å². The number of rotatable bonds is 1. The Kier molecular flexibility index (Phi) is 1.90. The summed E-state index contributed by atoms with van der Waals surface area (Å²) < 4.78 is 0. The Morgan fingerprint density at radius 1 is 1.39 bits per heavy atom. The van der Waals surface area contributed by atoms with Gasteiger partial charge in [0.1, 0.15) is 0 Å². The van der Waals surface area contributed by atoms with Crippen LogP contribution in [0.15, 0.2) is 23.2 Å². The van der Waals surface area contributed by atoms with Crippen LogP contribution in [0, 0.1) is 6.92 Å². The van der Waals surface area contributed by atoms with E-state index in [4.69, 9.17) is 5.73 Å². The maximum absolute atomic E-state index is 6.15. The van der Waals surface area contributed by atoms with Crippen LogP contribution < -0.4 is 5.73 Å². The quantitative estimate of drug-likeness (QED) is 0.816. The highest BCUT2D eigenvalue weighted by molar-refractivity contribution is 5.82. The molecule has 0 amide bonds. The molecule has 0 radical (unpaired) electrons. The van der Waals surface area contributed by atoms with Crippen LogP contribution in [0.25, 0.3) is 0 Å². The first-order valence-electron chi connectivity index (χ1n) is 6.90. The van der Waals surface area contributed by atoms with Gasteiger partial charge in [-0.25, -0.2) is 0 Å². The molecule has 1 heterocycles. The minimum Gasteiger partial charge on any atom is -0.370 e. The van der Waals surface area contributed by atoms with E-state index >= 15 is 0 Å². The Labute approximate surface area is 108 Å². The van der Waals surface area contributed by atoms with Gasteiger partial charge in [0.2, 0.25) is 0 Å². The summed E-state index contributed by atoms with van der Waals surface area (Å²) in [6.45, 7) is 3.03. The van der Waals surface area contributed by atoms with E-state index in [1.165, 1.54) is 42.4 Å². The third-order valence-electron chi connectivity index (χ3n) is 4.70. The van der Waals surface area contributed by atoms with E-state index in [1.807, 2.05) is 0 Å². The van der Waals surface area contributed by atoms with Crippen LogP contribution in [0.1, 0.15) is 36.0 Å². The molecule has 1 aromatic carbocycles. The van der Waals surface area contributed by atoms with Crippen molar-refractivity contribution in [3.8, 4) is 0 Å². The van der Waals surface area contributed by atoms with Crippen LogP contribution in [0.5, 0.6) is 0 Å². The normalized spacial score (nSPS) is 29.8. The predicted octanol–water partition coefficient (Wildman–Crippen LogP) is 1.93. The van der Waals surface area contributed by atoms with Crippen LogP contribution in [0.4, 0.5) is 0 Å². The minimum absolute atomic E-state index is 0.0899. The summed E-state index contributed by atoms with van der Waals surface area (Å²) in [5.41, 5.74) is 10.6. The fourth-order valence-corrected chi connectivity index (χ4v) is 3.68. The van der Waals surface area contributed by atoms with Gasteiger partial charge in [-0.05, 0) is 43.7 Å². The first-order chi connectivity index (χ1) is 8.71. The molecule has 3 heteroatoms. The van der Waals surface area contributed by atoms with E-state index < -0.39 is 0 Å². The largest absolute Gasteiger partial charge is 0.370 e.